The summed E-state index contributed by atoms with van der Waals surface area (Å²) in [6, 6.07) is 14.8. The first-order valence-corrected chi connectivity index (χ1v) is 12.0. The number of nitrogens with zero attached hydrogens (tertiary/aromatic N) is 4. The quantitative estimate of drug-likeness (QED) is 0.513. The number of fused-ring (bicyclic) bond motifs is 2. The van der Waals surface area contributed by atoms with Crippen LogP contribution in [0, 0.1) is 11.3 Å². The van der Waals surface area contributed by atoms with E-state index < -0.39 is 0 Å². The number of methoxy groups -OCH3 is 1. The van der Waals surface area contributed by atoms with Gasteiger partial charge in [0, 0.05) is 45.4 Å². The summed E-state index contributed by atoms with van der Waals surface area (Å²) in [6.07, 6.45) is 0.862. The van der Waals surface area contributed by atoms with Crippen molar-refractivity contribution in [2.45, 2.75) is 31.7 Å². The zero-order valence-corrected chi connectivity index (χ0v) is 20.1. The van der Waals surface area contributed by atoms with Crippen LogP contribution in [0.25, 0.3) is 10.9 Å². The van der Waals surface area contributed by atoms with Crippen LogP contribution in [0.15, 0.2) is 47.3 Å². The number of aromatic nitrogens is 2. The van der Waals surface area contributed by atoms with Gasteiger partial charge >= 0.3 is 0 Å². The summed E-state index contributed by atoms with van der Waals surface area (Å²) in [5.41, 5.74) is 2.05. The second kappa shape index (κ2) is 10.5. The van der Waals surface area contributed by atoms with Crippen molar-refractivity contribution in [3.63, 3.8) is 0 Å². The first-order chi connectivity index (χ1) is 17.5. The maximum absolute atomic E-state index is 12.6. The largest absolute Gasteiger partial charge is 0.480 e. The van der Waals surface area contributed by atoms with Crippen molar-refractivity contribution in [1.29, 1.82) is 5.26 Å². The van der Waals surface area contributed by atoms with Crippen molar-refractivity contribution < 1.29 is 14.3 Å². The molecular formula is C26H28N6O4. The number of nitriles is 1. The Balaban J connectivity index is 1.20. The minimum atomic E-state index is -0.205. The van der Waals surface area contributed by atoms with E-state index in [-0.39, 0.29) is 30.2 Å². The lowest BCUT2D eigenvalue weighted by Gasteiger charge is -2.38. The predicted octanol–water partition coefficient (Wildman–Crippen LogP) is 1.48. The van der Waals surface area contributed by atoms with Gasteiger partial charge in [-0.3, -0.25) is 14.5 Å². The highest BCUT2D eigenvalue weighted by molar-refractivity contribution is 5.94. The molecule has 0 radical (unpaired) electrons. The van der Waals surface area contributed by atoms with Crippen LogP contribution in [-0.4, -0.2) is 65.9 Å². The number of carbonyl (C=O) groups excluding carboxylic acids is 1. The molecule has 10 nitrogen and oxygen atoms in total. The number of piperidine rings is 1. The molecule has 1 amide bonds. The predicted molar refractivity (Wildman–Crippen MR) is 134 cm³/mol. The number of pyridine rings is 2. The molecule has 0 saturated carbocycles. The van der Waals surface area contributed by atoms with Gasteiger partial charge in [-0.2, -0.15) is 5.26 Å². The van der Waals surface area contributed by atoms with Gasteiger partial charge in [0.25, 0.3) is 11.5 Å². The Hall–Kier alpha value is -3.78. The molecule has 2 atom stereocenters. The molecule has 1 fully saturated rings. The number of hydrogen-bond donors (Lipinski definition) is 2. The molecule has 1 aromatic carbocycles. The van der Waals surface area contributed by atoms with Crippen LogP contribution in [0.2, 0.25) is 0 Å². The van der Waals surface area contributed by atoms with E-state index in [1.54, 1.807) is 35.9 Å². The molecule has 36 heavy (non-hydrogen) atoms. The highest BCUT2D eigenvalue weighted by Gasteiger charge is 2.29. The molecule has 0 aliphatic carbocycles. The molecule has 2 aliphatic rings. The van der Waals surface area contributed by atoms with E-state index in [0.717, 1.165) is 36.1 Å². The van der Waals surface area contributed by atoms with Crippen molar-refractivity contribution in [2.24, 2.45) is 0 Å². The maximum Gasteiger partial charge on any atom is 0.263 e. The van der Waals surface area contributed by atoms with Crippen LogP contribution >= 0.6 is 0 Å². The molecule has 2 N–H and O–H groups in total. The molecule has 2 aliphatic heterocycles. The van der Waals surface area contributed by atoms with Crippen LogP contribution in [0.4, 0.5) is 5.82 Å². The fraction of sp³-hybridized carbons (Fsp3) is 0.385. The Labute approximate surface area is 208 Å². The summed E-state index contributed by atoms with van der Waals surface area (Å²) in [6.45, 7) is 3.39. The number of amides is 1. The number of carbonyl (C=O) groups is 1. The smallest absolute Gasteiger partial charge is 0.263 e. The number of benzene rings is 1. The third-order valence-corrected chi connectivity index (χ3v) is 6.79. The normalized spacial score (nSPS) is 19.8. The van der Waals surface area contributed by atoms with Gasteiger partial charge < -0.3 is 24.7 Å². The van der Waals surface area contributed by atoms with Gasteiger partial charge in [-0.15, -0.1) is 0 Å². The average Bonchev–Trinajstić information content (AvgIpc) is 2.90. The lowest BCUT2D eigenvalue weighted by Crippen LogP contribution is -2.53. The van der Waals surface area contributed by atoms with Gasteiger partial charge in [-0.25, -0.2) is 4.98 Å². The molecule has 3 aromatic rings. The van der Waals surface area contributed by atoms with E-state index in [4.69, 9.17) is 9.47 Å². The minimum absolute atomic E-state index is 0.0103. The monoisotopic (exact) mass is 488 g/mol. The van der Waals surface area contributed by atoms with Gasteiger partial charge in [0.15, 0.2) is 18.2 Å². The van der Waals surface area contributed by atoms with E-state index in [9.17, 15) is 14.9 Å². The molecule has 0 spiro atoms. The topological polar surface area (TPSA) is 122 Å². The average molecular weight is 489 g/mol. The van der Waals surface area contributed by atoms with Crippen LogP contribution in [0.3, 0.4) is 0 Å². The molecule has 1 saturated heterocycles. The van der Waals surface area contributed by atoms with Crippen LogP contribution in [0.5, 0.6) is 5.75 Å². The molecule has 0 unspecified atom stereocenters. The number of rotatable bonds is 7. The fourth-order valence-electron chi connectivity index (χ4n) is 4.82. The Morgan fingerprint density at radius 3 is 2.92 bits per heavy atom. The SMILES string of the molecule is CO[C@H]1CN(CCn2c(=O)ccc3ccc(C#N)cc32)CC[C@H]1NCc1ccc2c(n1)NC(=O)CO2. The van der Waals surface area contributed by atoms with Gasteiger partial charge in [-0.1, -0.05) is 6.07 Å². The Morgan fingerprint density at radius 1 is 1.22 bits per heavy atom. The number of ether oxygens (including phenoxy) is 2. The number of nitrogens with one attached hydrogen (secondary N) is 2. The highest BCUT2D eigenvalue weighted by Crippen LogP contribution is 2.25. The van der Waals surface area contributed by atoms with E-state index >= 15 is 0 Å². The first-order valence-electron chi connectivity index (χ1n) is 12.0. The van der Waals surface area contributed by atoms with Crippen LogP contribution in [0.1, 0.15) is 17.7 Å². The summed E-state index contributed by atoms with van der Waals surface area (Å²) < 4.78 is 12.9. The van der Waals surface area contributed by atoms with E-state index in [1.165, 1.54) is 0 Å². The third-order valence-electron chi connectivity index (χ3n) is 6.79. The van der Waals surface area contributed by atoms with Crippen LogP contribution < -0.4 is 20.9 Å². The van der Waals surface area contributed by atoms with Gasteiger partial charge in [0.2, 0.25) is 0 Å². The first kappa shape index (κ1) is 23.9. The molecule has 5 rings (SSSR count). The van der Waals surface area contributed by atoms with Crippen LogP contribution in [-0.2, 0) is 22.6 Å². The number of likely N-dealkylation sites (tertiary alicyclic amines) is 1. The summed E-state index contributed by atoms with van der Waals surface area (Å²) in [4.78, 5) is 31.0. The number of hydrogen-bond acceptors (Lipinski definition) is 8. The van der Waals surface area contributed by atoms with E-state index in [1.807, 2.05) is 18.2 Å². The maximum atomic E-state index is 12.6. The van der Waals surface area contributed by atoms with Crippen molar-refractivity contribution in [3.8, 4) is 11.8 Å². The van der Waals surface area contributed by atoms with Crippen molar-refractivity contribution in [3.05, 3.63) is 64.1 Å². The molecular weight excluding hydrogens is 460 g/mol. The minimum Gasteiger partial charge on any atom is -0.480 e. The standard InChI is InChI=1S/C26H28N6O4/c1-35-23-15-31(10-11-32-21-12-17(13-27)2-3-18(21)4-7-25(32)34)9-8-20(23)28-14-19-5-6-22-26(29-19)30-24(33)16-36-22/h2-7,12,20,23,28H,8-11,14-16H2,1H3,(H,29,30,33)/t20-,23+/m1/s1. The zero-order chi connectivity index (χ0) is 25.1. The molecule has 4 heterocycles. The summed E-state index contributed by atoms with van der Waals surface area (Å²) in [5, 5.41) is 16.5. The summed E-state index contributed by atoms with van der Waals surface area (Å²) in [5.74, 6) is 0.827. The molecule has 186 valence electrons. The molecule has 10 heteroatoms. The lowest BCUT2D eigenvalue weighted by atomic mass is 10.0. The van der Waals surface area contributed by atoms with Gasteiger partial charge in [0.1, 0.15) is 0 Å². The van der Waals surface area contributed by atoms with E-state index in [0.29, 0.717) is 36.8 Å². The second-order valence-electron chi connectivity index (χ2n) is 9.05. The summed E-state index contributed by atoms with van der Waals surface area (Å²) >= 11 is 0. The summed E-state index contributed by atoms with van der Waals surface area (Å²) in [7, 11) is 1.71. The lowest BCUT2D eigenvalue weighted by molar-refractivity contribution is -0.118. The Bertz CT molecular complexity index is 1380. The van der Waals surface area contributed by atoms with Crippen molar-refractivity contribution in [1.82, 2.24) is 19.8 Å². The molecule has 0 bridgehead atoms. The molecule has 2 aromatic heterocycles. The van der Waals surface area contributed by atoms with Gasteiger partial charge in [-0.05, 0) is 48.7 Å². The van der Waals surface area contributed by atoms with E-state index in [2.05, 4.69) is 26.6 Å². The zero-order valence-electron chi connectivity index (χ0n) is 20.1. The highest BCUT2D eigenvalue weighted by atomic mass is 16.5. The fourth-order valence-corrected chi connectivity index (χ4v) is 4.82. The third kappa shape index (κ3) is 5.09. The second-order valence-corrected chi connectivity index (χ2v) is 9.05. The van der Waals surface area contributed by atoms with Crippen molar-refractivity contribution in [2.75, 3.05) is 38.7 Å². The number of anilines is 1. The Morgan fingerprint density at radius 2 is 2.08 bits per heavy atom. The van der Waals surface area contributed by atoms with Crippen molar-refractivity contribution >= 4 is 22.6 Å². The van der Waals surface area contributed by atoms with Gasteiger partial charge in [0.05, 0.1) is 28.9 Å². The Kier molecular flexibility index (Phi) is 6.95.